The summed E-state index contributed by atoms with van der Waals surface area (Å²) in [4.78, 5) is 15.7. The number of carbonyl (C=O) groups is 1. The molecule has 0 saturated carbocycles. The average Bonchev–Trinajstić information content (AvgIpc) is 2.80. The molecule has 0 saturated heterocycles. The number of thiophene rings is 1. The number of rotatable bonds is 4. The molecule has 0 aliphatic heterocycles. The Labute approximate surface area is 101 Å². The monoisotopic (exact) mass is 252 g/mol. The van der Waals surface area contributed by atoms with Crippen LogP contribution in [0.4, 0.5) is 10.2 Å². The zero-order valence-corrected chi connectivity index (χ0v) is 9.50. The number of hydrogen-bond acceptors (Lipinski definition) is 4. The first-order valence-electron chi connectivity index (χ1n) is 4.82. The lowest BCUT2D eigenvalue weighted by atomic mass is 10.2. The van der Waals surface area contributed by atoms with Crippen LogP contribution in [0, 0.1) is 5.82 Å². The summed E-state index contributed by atoms with van der Waals surface area (Å²) in [6.07, 6.45) is 0.989. The van der Waals surface area contributed by atoms with Crippen LogP contribution >= 0.6 is 11.3 Å². The number of hydrogen-bond donors (Lipinski definition) is 2. The molecule has 0 spiro atoms. The third-order valence-corrected chi connectivity index (χ3v) is 2.97. The van der Waals surface area contributed by atoms with E-state index in [9.17, 15) is 9.18 Å². The van der Waals surface area contributed by atoms with E-state index in [1.54, 1.807) is 11.3 Å². The first-order valence-corrected chi connectivity index (χ1v) is 5.70. The van der Waals surface area contributed by atoms with Gasteiger partial charge < -0.3 is 10.4 Å². The molecule has 2 aromatic heterocycles. The van der Waals surface area contributed by atoms with Crippen molar-refractivity contribution in [1.82, 2.24) is 4.98 Å². The van der Waals surface area contributed by atoms with Crippen LogP contribution < -0.4 is 5.32 Å². The Balaban J connectivity index is 2.17. The molecule has 0 amide bonds. The van der Waals surface area contributed by atoms with E-state index in [4.69, 9.17) is 5.11 Å². The summed E-state index contributed by atoms with van der Waals surface area (Å²) >= 11 is 1.55. The highest BCUT2D eigenvalue weighted by Gasteiger charge is 2.12. The highest BCUT2D eigenvalue weighted by molar-refractivity contribution is 7.09. The lowest BCUT2D eigenvalue weighted by Crippen LogP contribution is -2.08. The van der Waals surface area contributed by atoms with Crippen LogP contribution in [0.1, 0.15) is 15.2 Å². The molecule has 0 aliphatic rings. The molecule has 2 N–H and O–H groups in total. The first-order chi connectivity index (χ1) is 8.16. The van der Waals surface area contributed by atoms with Gasteiger partial charge in [-0.2, -0.15) is 0 Å². The van der Waals surface area contributed by atoms with Crippen molar-refractivity contribution in [3.05, 3.63) is 46.0 Å². The smallest absolute Gasteiger partial charge is 0.339 e. The summed E-state index contributed by atoms with van der Waals surface area (Å²) in [5.74, 6) is -1.69. The molecule has 88 valence electrons. The fourth-order valence-electron chi connectivity index (χ4n) is 1.33. The minimum atomic E-state index is -1.20. The van der Waals surface area contributed by atoms with E-state index in [-0.39, 0.29) is 11.4 Å². The Hall–Kier alpha value is -1.95. The number of pyridine rings is 1. The second-order valence-corrected chi connectivity index (χ2v) is 4.32. The molecular formula is C11H9FN2O2S. The fraction of sp³-hybridized carbons (Fsp3) is 0.0909. The topological polar surface area (TPSA) is 62.2 Å². The Morgan fingerprint density at radius 3 is 3.06 bits per heavy atom. The molecule has 0 radical (unpaired) electrons. The number of halogens is 1. The highest BCUT2D eigenvalue weighted by atomic mass is 32.1. The molecular weight excluding hydrogens is 243 g/mol. The van der Waals surface area contributed by atoms with Crippen molar-refractivity contribution in [3.63, 3.8) is 0 Å². The quantitative estimate of drug-likeness (QED) is 0.878. The largest absolute Gasteiger partial charge is 0.478 e. The number of aromatic nitrogens is 1. The Kier molecular flexibility index (Phi) is 3.34. The van der Waals surface area contributed by atoms with Gasteiger partial charge in [0.25, 0.3) is 0 Å². The molecule has 0 aromatic carbocycles. The van der Waals surface area contributed by atoms with E-state index >= 15 is 0 Å². The van der Waals surface area contributed by atoms with Crippen molar-refractivity contribution >= 4 is 23.1 Å². The number of carboxylic acids is 1. The van der Waals surface area contributed by atoms with Crippen LogP contribution in [-0.4, -0.2) is 16.1 Å². The number of carboxylic acid groups (broad SMARTS) is 1. The maximum atomic E-state index is 12.9. The predicted octanol–water partition coefficient (Wildman–Crippen LogP) is 2.59. The van der Waals surface area contributed by atoms with Crippen molar-refractivity contribution in [2.75, 3.05) is 5.32 Å². The van der Waals surface area contributed by atoms with Gasteiger partial charge in [-0.15, -0.1) is 11.3 Å². The molecule has 2 rings (SSSR count). The lowest BCUT2D eigenvalue weighted by molar-refractivity contribution is 0.0697. The van der Waals surface area contributed by atoms with E-state index in [0.29, 0.717) is 6.54 Å². The molecule has 0 bridgehead atoms. The summed E-state index contributed by atoms with van der Waals surface area (Å²) in [7, 11) is 0. The van der Waals surface area contributed by atoms with Gasteiger partial charge in [-0.25, -0.2) is 14.2 Å². The van der Waals surface area contributed by atoms with Crippen molar-refractivity contribution in [1.29, 1.82) is 0 Å². The van der Waals surface area contributed by atoms with Gasteiger partial charge in [-0.1, -0.05) is 6.07 Å². The van der Waals surface area contributed by atoms with Crippen LogP contribution in [0.25, 0.3) is 0 Å². The van der Waals surface area contributed by atoms with Crippen LogP contribution in [0.15, 0.2) is 29.8 Å². The lowest BCUT2D eigenvalue weighted by Gasteiger charge is -2.07. The summed E-state index contributed by atoms with van der Waals surface area (Å²) in [6.45, 7) is 0.469. The van der Waals surface area contributed by atoms with E-state index in [2.05, 4.69) is 10.3 Å². The molecule has 6 heteroatoms. The van der Waals surface area contributed by atoms with Crippen LogP contribution in [0.2, 0.25) is 0 Å². The van der Waals surface area contributed by atoms with Gasteiger partial charge in [0.05, 0.1) is 12.7 Å². The minimum absolute atomic E-state index is 0.165. The van der Waals surface area contributed by atoms with Crippen molar-refractivity contribution in [2.24, 2.45) is 0 Å². The normalized spacial score (nSPS) is 10.2. The van der Waals surface area contributed by atoms with E-state index in [0.717, 1.165) is 17.1 Å². The molecule has 17 heavy (non-hydrogen) atoms. The van der Waals surface area contributed by atoms with Gasteiger partial charge in [0, 0.05) is 4.88 Å². The maximum Gasteiger partial charge on any atom is 0.339 e. The van der Waals surface area contributed by atoms with Crippen LogP contribution in [-0.2, 0) is 6.54 Å². The third-order valence-electron chi connectivity index (χ3n) is 2.09. The fourth-order valence-corrected chi connectivity index (χ4v) is 1.97. The van der Waals surface area contributed by atoms with Crippen molar-refractivity contribution in [2.45, 2.75) is 6.54 Å². The number of aromatic carboxylic acids is 1. The van der Waals surface area contributed by atoms with E-state index in [1.165, 1.54) is 0 Å². The molecule has 0 atom stereocenters. The predicted molar refractivity (Wildman–Crippen MR) is 62.8 cm³/mol. The van der Waals surface area contributed by atoms with E-state index < -0.39 is 11.8 Å². The molecule has 0 aliphatic carbocycles. The average molecular weight is 252 g/mol. The number of nitrogens with one attached hydrogen (secondary N) is 1. The Morgan fingerprint density at radius 1 is 1.59 bits per heavy atom. The van der Waals surface area contributed by atoms with Gasteiger partial charge >= 0.3 is 5.97 Å². The summed E-state index contributed by atoms with van der Waals surface area (Å²) < 4.78 is 12.9. The van der Waals surface area contributed by atoms with Crippen molar-refractivity contribution in [3.8, 4) is 0 Å². The second-order valence-electron chi connectivity index (χ2n) is 3.29. The SMILES string of the molecule is O=C(O)c1cc(F)cnc1NCc1cccs1. The van der Waals surface area contributed by atoms with Gasteiger partial charge in [0.2, 0.25) is 0 Å². The first kappa shape index (κ1) is 11.5. The van der Waals surface area contributed by atoms with Crippen molar-refractivity contribution < 1.29 is 14.3 Å². The van der Waals surface area contributed by atoms with Crippen LogP contribution in [0.5, 0.6) is 0 Å². The molecule has 4 nitrogen and oxygen atoms in total. The van der Waals surface area contributed by atoms with Gasteiger partial charge in [-0.05, 0) is 17.5 Å². The summed E-state index contributed by atoms with van der Waals surface area (Å²) in [5, 5.41) is 13.7. The number of nitrogens with zero attached hydrogens (tertiary/aromatic N) is 1. The molecule has 2 aromatic rings. The van der Waals surface area contributed by atoms with Gasteiger partial charge in [0.15, 0.2) is 0 Å². The Bertz CT molecular complexity index is 528. The molecule has 2 heterocycles. The standard InChI is InChI=1S/C11H9FN2O2S/c12-7-4-9(11(15)16)10(13-5-7)14-6-8-2-1-3-17-8/h1-5H,6H2,(H,13,14)(H,15,16). The Morgan fingerprint density at radius 2 is 2.41 bits per heavy atom. The maximum absolute atomic E-state index is 12.9. The molecule has 0 unspecified atom stereocenters. The summed E-state index contributed by atoms with van der Waals surface area (Å²) in [5.41, 5.74) is -0.165. The van der Waals surface area contributed by atoms with E-state index in [1.807, 2.05) is 17.5 Å². The zero-order chi connectivity index (χ0) is 12.3. The van der Waals surface area contributed by atoms with Gasteiger partial charge in [0.1, 0.15) is 17.2 Å². The van der Waals surface area contributed by atoms with Crippen LogP contribution in [0.3, 0.4) is 0 Å². The second kappa shape index (κ2) is 4.92. The minimum Gasteiger partial charge on any atom is -0.478 e. The van der Waals surface area contributed by atoms with Gasteiger partial charge in [-0.3, -0.25) is 0 Å². The highest BCUT2D eigenvalue weighted by Crippen LogP contribution is 2.16. The summed E-state index contributed by atoms with van der Waals surface area (Å²) in [6, 6.07) is 4.77. The number of anilines is 1. The third kappa shape index (κ3) is 2.79. The molecule has 0 fully saturated rings. The zero-order valence-electron chi connectivity index (χ0n) is 8.68.